The standard InChI is InChI=1S/C51H72ClN7O8S/c1-30(2)23-38-48(63)57(6)32(5)51(66)67-43(19-14-22-53)47(62)56-40(26-34-17-12-13-18-34)50(65)58(7)41(24-31(3)4)45(60)55-39(25-33-15-10-9-11-16-33)49(64)59(8)42(46(61)54-38)27-35-29-68-44-21-20-36(52)28-37(35)44/h15,17,20-21,28-32,38-43,49,64H,9-14,16,18-19,23-27H2,1-8H3,(H,54,61)(H,55,60)(H,56,62)/t32-,38-,39-,40-,41-,42-,43?,49?/m0/s1. The average molecular weight is 979 g/mol. The van der Waals surface area contributed by atoms with E-state index in [0.29, 0.717) is 5.02 Å². The maximum absolute atomic E-state index is 15.0. The molecule has 4 N–H and O–H groups in total. The number of rotatable bonds is 12. The summed E-state index contributed by atoms with van der Waals surface area (Å²) in [7, 11) is 4.57. The van der Waals surface area contributed by atoms with Gasteiger partial charge in [-0.1, -0.05) is 62.6 Å². The summed E-state index contributed by atoms with van der Waals surface area (Å²) >= 11 is 7.97. The van der Waals surface area contributed by atoms with Gasteiger partial charge in [0.25, 0.3) is 5.91 Å². The smallest absolute Gasteiger partial charge is 0.329 e. The van der Waals surface area contributed by atoms with Gasteiger partial charge in [0.2, 0.25) is 23.6 Å². The number of nitriles is 1. The van der Waals surface area contributed by atoms with Gasteiger partial charge in [0.05, 0.1) is 18.2 Å². The minimum atomic E-state index is -1.49. The lowest BCUT2D eigenvalue weighted by Crippen LogP contribution is -2.61. The molecule has 0 saturated carbocycles. The Morgan fingerprint density at radius 3 is 2.09 bits per heavy atom. The molecule has 17 heteroatoms. The summed E-state index contributed by atoms with van der Waals surface area (Å²) in [5, 5.41) is 34.4. The van der Waals surface area contributed by atoms with E-state index in [-0.39, 0.29) is 56.8 Å². The summed E-state index contributed by atoms with van der Waals surface area (Å²) < 4.78 is 6.74. The summed E-state index contributed by atoms with van der Waals surface area (Å²) in [6.45, 7) is 9.15. The van der Waals surface area contributed by atoms with Gasteiger partial charge in [-0.05, 0) is 137 Å². The first-order valence-electron chi connectivity index (χ1n) is 24.2. The molecule has 1 aliphatic heterocycles. The van der Waals surface area contributed by atoms with Crippen molar-refractivity contribution in [3.8, 4) is 6.07 Å². The van der Waals surface area contributed by atoms with E-state index in [2.05, 4.69) is 22.0 Å². The number of benzene rings is 1. The second-order valence-corrected chi connectivity index (χ2v) is 21.0. The third-order valence-corrected chi connectivity index (χ3v) is 14.7. The predicted octanol–water partition coefficient (Wildman–Crippen LogP) is 6.56. The van der Waals surface area contributed by atoms with Gasteiger partial charge in [0.1, 0.15) is 30.4 Å². The number of fused-ring (bicyclic) bond motifs is 1. The predicted molar refractivity (Wildman–Crippen MR) is 264 cm³/mol. The molecule has 8 atom stereocenters. The van der Waals surface area contributed by atoms with E-state index in [4.69, 9.17) is 16.3 Å². The summed E-state index contributed by atoms with van der Waals surface area (Å²) in [5.41, 5.74) is 2.81. The fourth-order valence-electron chi connectivity index (χ4n) is 9.36. The molecule has 0 bridgehead atoms. The van der Waals surface area contributed by atoms with Crippen LogP contribution < -0.4 is 16.0 Å². The van der Waals surface area contributed by atoms with Crippen LogP contribution in [0.15, 0.2) is 46.9 Å². The van der Waals surface area contributed by atoms with E-state index < -0.39 is 84.1 Å². The zero-order valence-electron chi connectivity index (χ0n) is 41.0. The molecule has 15 nitrogen and oxygen atoms in total. The molecule has 68 heavy (non-hydrogen) atoms. The topological polar surface area (TPSA) is 201 Å². The van der Waals surface area contributed by atoms with Crippen molar-refractivity contribution in [2.45, 2.75) is 173 Å². The highest BCUT2D eigenvalue weighted by molar-refractivity contribution is 7.17. The molecule has 1 saturated heterocycles. The van der Waals surface area contributed by atoms with Crippen LogP contribution >= 0.6 is 22.9 Å². The van der Waals surface area contributed by atoms with Gasteiger partial charge in [-0.2, -0.15) is 5.26 Å². The number of halogens is 1. The number of hydrogen-bond acceptors (Lipinski definition) is 11. The van der Waals surface area contributed by atoms with Gasteiger partial charge in [0.15, 0.2) is 6.10 Å². The Labute approximate surface area is 411 Å². The molecule has 5 rings (SSSR count). The number of amides is 5. The van der Waals surface area contributed by atoms with Crippen LogP contribution in [-0.4, -0.2) is 125 Å². The second kappa shape index (κ2) is 25.2. The molecule has 1 aromatic heterocycles. The lowest BCUT2D eigenvalue weighted by molar-refractivity contribution is -0.163. The van der Waals surface area contributed by atoms with Crippen LogP contribution in [0.5, 0.6) is 0 Å². The first-order valence-corrected chi connectivity index (χ1v) is 25.5. The second-order valence-electron chi connectivity index (χ2n) is 19.7. The Morgan fingerprint density at radius 1 is 0.809 bits per heavy atom. The lowest BCUT2D eigenvalue weighted by atomic mass is 9.92. The summed E-state index contributed by atoms with van der Waals surface area (Å²) in [6, 6.07) is 0.937. The Balaban J connectivity index is 1.65. The number of cyclic esters (lactones) is 1. The maximum atomic E-state index is 15.0. The molecule has 1 aromatic carbocycles. The average Bonchev–Trinajstić information content (AvgIpc) is 3.98. The quantitative estimate of drug-likeness (QED) is 0.133. The molecule has 0 spiro atoms. The van der Waals surface area contributed by atoms with Crippen molar-refractivity contribution < 1.29 is 38.6 Å². The zero-order chi connectivity index (χ0) is 49.8. The minimum Gasteiger partial charge on any atom is -0.451 e. The summed E-state index contributed by atoms with van der Waals surface area (Å²) in [6.07, 6.45) is 7.90. The normalized spacial score (nSPS) is 27.0. The first kappa shape index (κ1) is 54.1. The van der Waals surface area contributed by atoms with Crippen molar-refractivity contribution in [1.82, 2.24) is 30.7 Å². The van der Waals surface area contributed by atoms with Gasteiger partial charge in [-0.3, -0.25) is 28.9 Å². The number of hydrogen-bond donors (Lipinski definition) is 4. The highest BCUT2D eigenvalue weighted by Gasteiger charge is 2.41. The number of carbonyl (C=O) groups excluding carboxylic acids is 6. The van der Waals surface area contributed by atoms with E-state index in [1.54, 1.807) is 13.1 Å². The Morgan fingerprint density at radius 2 is 1.44 bits per heavy atom. The molecule has 2 aliphatic carbocycles. The fraction of sp³-hybridized carbons (Fsp3) is 0.627. The maximum Gasteiger partial charge on any atom is 0.329 e. The number of allylic oxidation sites excluding steroid dienone is 2. The van der Waals surface area contributed by atoms with Crippen LogP contribution in [0.2, 0.25) is 5.02 Å². The van der Waals surface area contributed by atoms with Crippen molar-refractivity contribution in [3.63, 3.8) is 0 Å². The molecule has 5 amide bonds. The number of aliphatic hydroxyl groups is 1. The molecular formula is C51H72ClN7O8S. The van der Waals surface area contributed by atoms with Crippen LogP contribution in [0.4, 0.5) is 0 Å². The van der Waals surface area contributed by atoms with Gasteiger partial charge in [0, 0.05) is 36.7 Å². The molecule has 0 radical (unpaired) electrons. The number of ether oxygens (including phenoxy) is 1. The van der Waals surface area contributed by atoms with E-state index in [0.717, 1.165) is 71.7 Å². The largest absolute Gasteiger partial charge is 0.451 e. The summed E-state index contributed by atoms with van der Waals surface area (Å²) in [5.74, 6) is -4.07. The SMILES string of the molecule is CC(C)C[C@@H]1NC(=O)[C@H](Cc2csc3ccc(Cl)cc23)N(C)C(O)[C@H](CC2=CCCCC2)NC(=O)[C@H](CC(C)C)N(C)C(=O)[C@H](CC2=CCCC2)NC(=O)C(CCC#N)OC(=O)[C@H](C)N(C)C1=O. The zero-order valence-corrected chi connectivity index (χ0v) is 42.6. The van der Waals surface area contributed by atoms with Gasteiger partial charge < -0.3 is 35.6 Å². The van der Waals surface area contributed by atoms with Gasteiger partial charge in [-0.25, -0.2) is 4.79 Å². The Hall–Kier alpha value is -4.82. The molecule has 2 heterocycles. The van der Waals surface area contributed by atoms with Crippen molar-refractivity contribution >= 4 is 68.5 Å². The fourth-order valence-corrected chi connectivity index (χ4v) is 10.5. The number of nitrogens with zero attached hydrogens (tertiary/aromatic N) is 4. The van der Waals surface area contributed by atoms with Crippen LogP contribution in [0, 0.1) is 23.2 Å². The van der Waals surface area contributed by atoms with Gasteiger partial charge in [-0.15, -0.1) is 11.3 Å². The van der Waals surface area contributed by atoms with E-state index in [1.807, 2.05) is 57.4 Å². The Kier molecular flexibility index (Phi) is 20.0. The number of likely N-dealkylation sites (N-methyl/N-ethyl adjacent to an activating group) is 3. The summed E-state index contributed by atoms with van der Waals surface area (Å²) in [4.78, 5) is 91.4. The lowest BCUT2D eigenvalue weighted by Gasteiger charge is -2.39. The highest BCUT2D eigenvalue weighted by atomic mass is 35.5. The van der Waals surface area contributed by atoms with Crippen LogP contribution in [0.1, 0.15) is 124 Å². The minimum absolute atomic E-state index is 0.0634. The van der Waals surface area contributed by atoms with Gasteiger partial charge >= 0.3 is 5.97 Å². The number of aliphatic hydroxyl groups excluding tert-OH is 1. The number of nitrogens with one attached hydrogen (secondary N) is 3. The monoisotopic (exact) mass is 977 g/mol. The molecule has 1 fully saturated rings. The van der Waals surface area contributed by atoms with Crippen molar-refractivity contribution in [1.29, 1.82) is 5.26 Å². The molecule has 2 aromatic rings. The molecular weight excluding hydrogens is 906 g/mol. The highest BCUT2D eigenvalue weighted by Crippen LogP contribution is 2.32. The van der Waals surface area contributed by atoms with Crippen LogP contribution in [-0.2, 0) is 39.9 Å². The third kappa shape index (κ3) is 14.4. The van der Waals surface area contributed by atoms with Crippen LogP contribution in [0.3, 0.4) is 0 Å². The Bertz CT molecular complexity index is 2240. The van der Waals surface area contributed by atoms with Crippen molar-refractivity contribution in [2.24, 2.45) is 11.8 Å². The third-order valence-electron chi connectivity index (χ3n) is 13.5. The van der Waals surface area contributed by atoms with Crippen molar-refractivity contribution in [3.05, 3.63) is 57.5 Å². The number of thiophene rings is 1. The van der Waals surface area contributed by atoms with Crippen molar-refractivity contribution in [2.75, 3.05) is 21.1 Å². The molecule has 372 valence electrons. The number of esters is 1. The van der Waals surface area contributed by atoms with E-state index >= 15 is 0 Å². The van der Waals surface area contributed by atoms with E-state index in [9.17, 15) is 39.1 Å². The van der Waals surface area contributed by atoms with E-state index in [1.165, 1.54) is 47.1 Å². The van der Waals surface area contributed by atoms with Crippen LogP contribution in [0.25, 0.3) is 10.1 Å². The number of carbonyl (C=O) groups is 6. The molecule has 3 aliphatic rings. The first-order chi connectivity index (χ1) is 32.3. The molecule has 2 unspecified atom stereocenters.